The lowest BCUT2D eigenvalue weighted by Crippen LogP contribution is -2.17. The minimum absolute atomic E-state index is 0.176. The highest BCUT2D eigenvalue weighted by Gasteiger charge is 2.15. The molecular weight excluding hydrogens is 275 g/mol. The fourth-order valence-corrected chi connectivity index (χ4v) is 1.82. The predicted molar refractivity (Wildman–Crippen MR) is 66.3 cm³/mol. The van der Waals surface area contributed by atoms with Crippen molar-refractivity contribution in [2.75, 3.05) is 13.7 Å². The van der Waals surface area contributed by atoms with Gasteiger partial charge in [-0.25, -0.2) is 4.39 Å². The lowest BCUT2D eigenvalue weighted by Gasteiger charge is -2.04. The molecule has 0 saturated carbocycles. The molecule has 1 unspecified atom stereocenters. The van der Waals surface area contributed by atoms with Crippen molar-refractivity contribution < 1.29 is 18.8 Å². The summed E-state index contributed by atoms with van der Waals surface area (Å²) in [4.78, 5) is 4.09. The average Bonchev–Trinajstić information content (AvgIpc) is 2.77. The van der Waals surface area contributed by atoms with Crippen LogP contribution in [0, 0.1) is 5.82 Å². The van der Waals surface area contributed by atoms with Gasteiger partial charge in [-0.1, -0.05) is 16.8 Å². The highest BCUT2D eigenvalue weighted by atomic mass is 35.5. The van der Waals surface area contributed by atoms with E-state index in [2.05, 4.69) is 10.1 Å². The molecule has 102 valence electrons. The molecule has 0 spiro atoms. The molecule has 2 rings (SSSR count). The summed E-state index contributed by atoms with van der Waals surface area (Å²) in [6.45, 7) is 0.176. The van der Waals surface area contributed by atoms with Crippen LogP contribution in [-0.2, 0) is 11.2 Å². The van der Waals surface area contributed by atoms with Gasteiger partial charge in [0.25, 0.3) is 0 Å². The Morgan fingerprint density at radius 3 is 3.00 bits per heavy atom. The fourth-order valence-electron chi connectivity index (χ4n) is 1.57. The molecule has 1 aromatic heterocycles. The molecule has 7 heteroatoms. The molecule has 19 heavy (non-hydrogen) atoms. The summed E-state index contributed by atoms with van der Waals surface area (Å²) in [6, 6.07) is 3.90. The molecule has 0 aliphatic rings. The Balaban J connectivity index is 2.16. The van der Waals surface area contributed by atoms with Crippen LogP contribution in [0.1, 0.15) is 5.89 Å². The Morgan fingerprint density at radius 2 is 2.32 bits per heavy atom. The minimum atomic E-state index is -0.720. The van der Waals surface area contributed by atoms with E-state index < -0.39 is 11.9 Å². The number of aliphatic hydroxyl groups excluding tert-OH is 1. The first-order chi connectivity index (χ1) is 9.10. The number of hydrogen-bond acceptors (Lipinski definition) is 5. The molecule has 0 fully saturated rings. The number of methoxy groups -OCH3 is 1. The highest BCUT2D eigenvalue weighted by molar-refractivity contribution is 6.33. The van der Waals surface area contributed by atoms with Gasteiger partial charge in [0, 0.05) is 12.7 Å². The van der Waals surface area contributed by atoms with E-state index in [1.807, 2.05) is 0 Å². The molecule has 1 aromatic carbocycles. The van der Waals surface area contributed by atoms with Gasteiger partial charge in [0.1, 0.15) is 5.82 Å². The van der Waals surface area contributed by atoms with Crippen LogP contribution < -0.4 is 0 Å². The first-order valence-electron chi connectivity index (χ1n) is 5.55. The maximum Gasteiger partial charge on any atom is 0.229 e. The van der Waals surface area contributed by atoms with Crippen LogP contribution >= 0.6 is 11.6 Å². The third-order valence-electron chi connectivity index (χ3n) is 2.41. The van der Waals surface area contributed by atoms with E-state index in [-0.39, 0.29) is 29.8 Å². The lowest BCUT2D eigenvalue weighted by molar-refractivity contribution is 0.0599. The second-order valence-electron chi connectivity index (χ2n) is 3.95. The molecule has 1 heterocycles. The van der Waals surface area contributed by atoms with Crippen LogP contribution in [-0.4, -0.2) is 35.1 Å². The van der Waals surface area contributed by atoms with Crippen molar-refractivity contribution in [3.63, 3.8) is 0 Å². The van der Waals surface area contributed by atoms with Gasteiger partial charge >= 0.3 is 0 Å². The lowest BCUT2D eigenvalue weighted by atomic mass is 10.2. The number of rotatable bonds is 5. The summed E-state index contributed by atoms with van der Waals surface area (Å²) in [6.07, 6.45) is -0.540. The number of aromatic nitrogens is 2. The van der Waals surface area contributed by atoms with Crippen molar-refractivity contribution in [2.24, 2.45) is 0 Å². The van der Waals surface area contributed by atoms with Crippen molar-refractivity contribution in [1.82, 2.24) is 10.1 Å². The summed E-state index contributed by atoms with van der Waals surface area (Å²) in [5.74, 6) is 0.0811. The van der Waals surface area contributed by atoms with Crippen LogP contribution in [0.15, 0.2) is 22.7 Å². The average molecular weight is 287 g/mol. The van der Waals surface area contributed by atoms with E-state index in [0.29, 0.717) is 5.56 Å². The van der Waals surface area contributed by atoms with Gasteiger partial charge in [0.15, 0.2) is 0 Å². The second kappa shape index (κ2) is 6.10. The molecule has 0 saturated heterocycles. The van der Waals surface area contributed by atoms with E-state index in [1.165, 1.54) is 25.3 Å². The Bertz CT molecular complexity index is 562. The summed E-state index contributed by atoms with van der Waals surface area (Å²) < 4.78 is 22.7. The maximum absolute atomic E-state index is 12.9. The molecule has 1 N–H and O–H groups in total. The normalized spacial score (nSPS) is 12.6. The van der Waals surface area contributed by atoms with Crippen molar-refractivity contribution in [3.05, 3.63) is 34.9 Å². The maximum atomic E-state index is 12.9. The topological polar surface area (TPSA) is 68.4 Å². The summed E-state index contributed by atoms with van der Waals surface area (Å²) in [5.41, 5.74) is 0.472. The summed E-state index contributed by atoms with van der Waals surface area (Å²) in [5, 5.41) is 13.5. The first-order valence-corrected chi connectivity index (χ1v) is 5.93. The van der Waals surface area contributed by atoms with Gasteiger partial charge in [0.05, 0.1) is 24.2 Å². The number of halogens is 2. The summed E-state index contributed by atoms with van der Waals surface area (Å²) in [7, 11) is 1.49. The largest absolute Gasteiger partial charge is 0.390 e. The summed E-state index contributed by atoms with van der Waals surface area (Å²) >= 11 is 5.90. The zero-order valence-corrected chi connectivity index (χ0v) is 10.9. The Labute approximate surface area is 114 Å². The Morgan fingerprint density at radius 1 is 1.53 bits per heavy atom. The van der Waals surface area contributed by atoms with Crippen molar-refractivity contribution in [1.29, 1.82) is 0 Å². The highest BCUT2D eigenvalue weighted by Crippen LogP contribution is 2.26. The van der Waals surface area contributed by atoms with E-state index in [0.717, 1.165) is 0 Å². The molecular formula is C12H12ClFN2O3. The molecule has 0 bridgehead atoms. The van der Waals surface area contributed by atoms with Crippen LogP contribution in [0.4, 0.5) is 4.39 Å². The number of ether oxygens (including phenoxy) is 1. The predicted octanol–water partition coefficient (Wildman–Crippen LogP) is 2.08. The van der Waals surface area contributed by atoms with E-state index in [4.69, 9.17) is 20.9 Å². The van der Waals surface area contributed by atoms with E-state index >= 15 is 0 Å². The number of nitrogens with zero attached hydrogens (tertiary/aromatic N) is 2. The van der Waals surface area contributed by atoms with Gasteiger partial charge in [-0.3, -0.25) is 0 Å². The molecule has 0 radical (unpaired) electrons. The quantitative estimate of drug-likeness (QED) is 0.911. The van der Waals surface area contributed by atoms with Crippen LogP contribution in [0.25, 0.3) is 11.4 Å². The number of hydrogen-bond donors (Lipinski definition) is 1. The van der Waals surface area contributed by atoms with Crippen molar-refractivity contribution in [2.45, 2.75) is 12.5 Å². The molecule has 1 atom stereocenters. The number of aliphatic hydroxyl groups is 1. The van der Waals surface area contributed by atoms with Gasteiger partial charge in [-0.05, 0) is 18.2 Å². The van der Waals surface area contributed by atoms with Crippen LogP contribution in [0.5, 0.6) is 0 Å². The third kappa shape index (κ3) is 3.50. The molecule has 5 nitrogen and oxygen atoms in total. The Kier molecular flexibility index (Phi) is 4.47. The molecule has 0 aliphatic heterocycles. The van der Waals surface area contributed by atoms with Gasteiger partial charge in [-0.15, -0.1) is 0 Å². The van der Waals surface area contributed by atoms with Crippen LogP contribution in [0.3, 0.4) is 0 Å². The zero-order chi connectivity index (χ0) is 13.8. The zero-order valence-electron chi connectivity index (χ0n) is 10.1. The van der Waals surface area contributed by atoms with Gasteiger partial charge in [0.2, 0.25) is 11.7 Å². The second-order valence-corrected chi connectivity index (χ2v) is 4.36. The third-order valence-corrected chi connectivity index (χ3v) is 2.72. The van der Waals surface area contributed by atoms with E-state index in [9.17, 15) is 9.50 Å². The molecule has 0 aliphatic carbocycles. The van der Waals surface area contributed by atoms with Crippen LogP contribution in [0.2, 0.25) is 5.02 Å². The Hall–Kier alpha value is -1.50. The standard InChI is InChI=1S/C12H12ClFN2O3/c1-18-6-8(17)5-11-15-12(16-19-11)9-3-2-7(14)4-10(9)13/h2-4,8,17H,5-6H2,1H3. The van der Waals surface area contributed by atoms with Crippen molar-refractivity contribution >= 4 is 11.6 Å². The van der Waals surface area contributed by atoms with Crippen molar-refractivity contribution in [3.8, 4) is 11.4 Å². The smallest absolute Gasteiger partial charge is 0.229 e. The molecule has 0 amide bonds. The monoisotopic (exact) mass is 286 g/mol. The first kappa shape index (κ1) is 13.9. The van der Waals surface area contributed by atoms with E-state index in [1.54, 1.807) is 0 Å². The molecule has 2 aromatic rings. The van der Waals surface area contributed by atoms with Gasteiger partial charge in [-0.2, -0.15) is 4.98 Å². The fraction of sp³-hybridized carbons (Fsp3) is 0.333. The SMILES string of the molecule is COCC(O)Cc1nc(-c2ccc(F)cc2Cl)no1. The minimum Gasteiger partial charge on any atom is -0.390 e. The number of benzene rings is 1. The van der Waals surface area contributed by atoms with Gasteiger partial charge < -0.3 is 14.4 Å².